The summed E-state index contributed by atoms with van der Waals surface area (Å²) in [6.45, 7) is 1.81. The summed E-state index contributed by atoms with van der Waals surface area (Å²) < 4.78 is 11.5. The van der Waals surface area contributed by atoms with E-state index in [0.717, 1.165) is 5.56 Å². The number of ether oxygens (including phenoxy) is 2. The van der Waals surface area contributed by atoms with Gasteiger partial charge < -0.3 is 29.7 Å². The van der Waals surface area contributed by atoms with Gasteiger partial charge in [0.05, 0.1) is 12.8 Å². The molecular formula is C26H30N4O6. The molecule has 3 heterocycles. The van der Waals surface area contributed by atoms with Gasteiger partial charge >= 0.3 is 0 Å². The number of nitrogens with one attached hydrogen (secondary N) is 1. The zero-order valence-electron chi connectivity index (χ0n) is 20.0. The lowest BCUT2D eigenvalue weighted by molar-refractivity contribution is -0.123. The van der Waals surface area contributed by atoms with Gasteiger partial charge in [0, 0.05) is 50.0 Å². The van der Waals surface area contributed by atoms with Crippen LogP contribution < -0.4 is 19.7 Å². The second-order valence-corrected chi connectivity index (χ2v) is 9.40. The molecule has 0 bridgehead atoms. The lowest BCUT2D eigenvalue weighted by Crippen LogP contribution is -2.37. The molecule has 2 aliphatic heterocycles. The third kappa shape index (κ3) is 5.43. The number of carbonyl (C=O) groups is 3. The van der Waals surface area contributed by atoms with Gasteiger partial charge in [-0.2, -0.15) is 0 Å². The summed E-state index contributed by atoms with van der Waals surface area (Å²) in [4.78, 5) is 45.4. The molecule has 2 fully saturated rings. The van der Waals surface area contributed by atoms with Crippen molar-refractivity contribution in [3.8, 4) is 11.6 Å². The van der Waals surface area contributed by atoms with E-state index in [1.165, 1.54) is 17.7 Å². The van der Waals surface area contributed by atoms with Crippen LogP contribution in [0.4, 0.5) is 5.69 Å². The smallest absolute Gasteiger partial charge is 0.268 e. The summed E-state index contributed by atoms with van der Waals surface area (Å²) in [6, 6.07) is 8.88. The summed E-state index contributed by atoms with van der Waals surface area (Å²) in [6.07, 6.45) is 4.34. The van der Waals surface area contributed by atoms with Crippen molar-refractivity contribution in [3.05, 3.63) is 47.7 Å². The quantitative estimate of drug-likeness (QED) is 0.454. The van der Waals surface area contributed by atoms with Gasteiger partial charge in [-0.05, 0) is 48.9 Å². The van der Waals surface area contributed by atoms with E-state index in [1.54, 1.807) is 29.3 Å². The average Bonchev–Trinajstić information content (AvgIpc) is 3.58. The number of rotatable bonds is 11. The van der Waals surface area contributed by atoms with Crippen LogP contribution in [-0.4, -0.2) is 71.7 Å². The van der Waals surface area contributed by atoms with Crippen molar-refractivity contribution in [1.82, 2.24) is 15.2 Å². The Morgan fingerprint density at radius 3 is 2.78 bits per heavy atom. The third-order valence-corrected chi connectivity index (χ3v) is 6.58. The predicted molar refractivity (Wildman–Crippen MR) is 130 cm³/mol. The lowest BCUT2D eigenvalue weighted by atomic mass is 10.1. The standard InChI is InChI=1S/C26H30N4O6/c31-11-1-9-27-23(32)15-29-14-18-4-5-19(12-21(18)25(29)33)30-10-8-22(26(30)34)36-20-6-7-24(28-13-20)35-16-17-2-3-17/h4-7,12-13,17,22,31H,1-3,8-11,14-16H2,(H,27,32). The predicted octanol–water partition coefficient (Wildman–Crippen LogP) is 1.51. The first-order chi connectivity index (χ1) is 17.5. The number of pyridine rings is 1. The van der Waals surface area contributed by atoms with Crippen LogP contribution in [0.25, 0.3) is 0 Å². The highest BCUT2D eigenvalue weighted by atomic mass is 16.5. The van der Waals surface area contributed by atoms with Crippen molar-refractivity contribution in [1.29, 1.82) is 0 Å². The molecule has 0 radical (unpaired) electrons. The van der Waals surface area contributed by atoms with Gasteiger partial charge in [-0.3, -0.25) is 14.4 Å². The van der Waals surface area contributed by atoms with Gasteiger partial charge in [0.25, 0.3) is 11.8 Å². The van der Waals surface area contributed by atoms with Gasteiger partial charge in [0.2, 0.25) is 11.8 Å². The van der Waals surface area contributed by atoms with Crippen LogP contribution in [0.15, 0.2) is 36.5 Å². The third-order valence-electron chi connectivity index (χ3n) is 6.58. The van der Waals surface area contributed by atoms with E-state index in [0.29, 0.717) is 67.9 Å². The molecule has 0 spiro atoms. The number of nitrogens with zero attached hydrogens (tertiary/aromatic N) is 3. The Hall–Kier alpha value is -3.66. The van der Waals surface area contributed by atoms with E-state index in [-0.39, 0.29) is 30.9 Å². The highest BCUT2D eigenvalue weighted by Gasteiger charge is 2.36. The molecule has 2 aromatic rings. The topological polar surface area (TPSA) is 121 Å². The number of hydrogen-bond acceptors (Lipinski definition) is 7. The fourth-order valence-corrected chi connectivity index (χ4v) is 4.37. The fraction of sp³-hybridized carbons (Fsp3) is 0.462. The molecule has 1 aliphatic carbocycles. The average molecular weight is 495 g/mol. The maximum Gasteiger partial charge on any atom is 0.268 e. The number of anilines is 1. The summed E-state index contributed by atoms with van der Waals surface area (Å²) in [5, 5.41) is 11.5. The van der Waals surface area contributed by atoms with Crippen molar-refractivity contribution in [2.45, 2.75) is 38.3 Å². The molecule has 1 aromatic carbocycles. The Labute approximate surface area is 209 Å². The maximum absolute atomic E-state index is 13.1. The normalized spacial score (nSPS) is 19.0. The van der Waals surface area contributed by atoms with Crippen LogP contribution in [0, 0.1) is 5.92 Å². The Morgan fingerprint density at radius 1 is 1.17 bits per heavy atom. The van der Waals surface area contributed by atoms with Crippen molar-refractivity contribution in [3.63, 3.8) is 0 Å². The molecule has 2 N–H and O–H groups in total. The van der Waals surface area contributed by atoms with Crippen molar-refractivity contribution < 1.29 is 29.0 Å². The number of aromatic nitrogens is 1. The molecule has 5 rings (SSSR count). The zero-order chi connectivity index (χ0) is 25.1. The molecule has 3 amide bonds. The highest BCUT2D eigenvalue weighted by molar-refractivity contribution is 6.03. The van der Waals surface area contributed by atoms with Gasteiger partial charge in [-0.1, -0.05) is 6.07 Å². The van der Waals surface area contributed by atoms with E-state index in [9.17, 15) is 14.4 Å². The molecular weight excluding hydrogens is 464 g/mol. The minimum Gasteiger partial charge on any atom is -0.479 e. The van der Waals surface area contributed by atoms with Crippen molar-refractivity contribution in [2.24, 2.45) is 5.92 Å². The Bertz CT molecular complexity index is 1130. The minimum atomic E-state index is -0.631. The molecule has 3 aliphatic rings. The summed E-state index contributed by atoms with van der Waals surface area (Å²) in [7, 11) is 0. The molecule has 190 valence electrons. The molecule has 36 heavy (non-hydrogen) atoms. The number of hydrogen-bond donors (Lipinski definition) is 2. The SMILES string of the molecule is O=C(CN1Cc2ccc(N3CCC(Oc4ccc(OCC5CC5)nc4)C3=O)cc2C1=O)NCCCO. The first-order valence-electron chi connectivity index (χ1n) is 12.4. The van der Waals surface area contributed by atoms with Crippen molar-refractivity contribution >= 4 is 23.4 Å². The highest BCUT2D eigenvalue weighted by Crippen LogP contribution is 2.31. The maximum atomic E-state index is 13.1. The van der Waals surface area contributed by atoms with Crippen LogP contribution in [0.5, 0.6) is 11.6 Å². The van der Waals surface area contributed by atoms with E-state index in [2.05, 4.69) is 10.3 Å². The number of carbonyl (C=O) groups excluding carboxylic acids is 3. The van der Waals surface area contributed by atoms with Crippen LogP contribution in [0.2, 0.25) is 0 Å². The van der Waals surface area contributed by atoms with Gasteiger partial charge in [-0.15, -0.1) is 0 Å². The molecule has 1 atom stereocenters. The summed E-state index contributed by atoms with van der Waals surface area (Å²) >= 11 is 0. The number of aliphatic hydroxyl groups excluding tert-OH is 1. The van der Waals surface area contributed by atoms with Gasteiger partial charge in [-0.25, -0.2) is 4.98 Å². The van der Waals surface area contributed by atoms with Crippen LogP contribution >= 0.6 is 0 Å². The van der Waals surface area contributed by atoms with Crippen molar-refractivity contribution in [2.75, 3.05) is 37.7 Å². The molecule has 1 saturated carbocycles. The zero-order valence-corrected chi connectivity index (χ0v) is 20.0. The van der Waals surface area contributed by atoms with E-state index >= 15 is 0 Å². The van der Waals surface area contributed by atoms with Crippen LogP contribution in [-0.2, 0) is 16.1 Å². The largest absolute Gasteiger partial charge is 0.479 e. The summed E-state index contributed by atoms with van der Waals surface area (Å²) in [5.74, 6) is 1.02. The Kier molecular flexibility index (Phi) is 7.04. The van der Waals surface area contributed by atoms with E-state index < -0.39 is 6.10 Å². The first kappa shape index (κ1) is 24.1. The van der Waals surface area contributed by atoms with Crippen LogP contribution in [0.3, 0.4) is 0 Å². The monoisotopic (exact) mass is 494 g/mol. The number of aliphatic hydroxyl groups is 1. The fourth-order valence-electron chi connectivity index (χ4n) is 4.37. The summed E-state index contributed by atoms with van der Waals surface area (Å²) in [5.41, 5.74) is 1.95. The molecule has 1 unspecified atom stereocenters. The van der Waals surface area contributed by atoms with Gasteiger partial charge in [0.15, 0.2) is 6.10 Å². The van der Waals surface area contributed by atoms with E-state index in [4.69, 9.17) is 14.6 Å². The first-order valence-corrected chi connectivity index (χ1v) is 12.4. The molecule has 1 saturated heterocycles. The van der Waals surface area contributed by atoms with Gasteiger partial charge in [0.1, 0.15) is 12.3 Å². The Morgan fingerprint density at radius 2 is 2.03 bits per heavy atom. The molecule has 1 aromatic heterocycles. The molecule has 10 heteroatoms. The Balaban J connectivity index is 1.17. The number of fused-ring (bicyclic) bond motifs is 1. The number of amides is 3. The second-order valence-electron chi connectivity index (χ2n) is 9.40. The lowest BCUT2D eigenvalue weighted by Gasteiger charge is -2.18. The minimum absolute atomic E-state index is 0.00324. The van der Waals surface area contributed by atoms with Crippen LogP contribution in [0.1, 0.15) is 41.6 Å². The second kappa shape index (κ2) is 10.5. The van der Waals surface area contributed by atoms with E-state index in [1.807, 2.05) is 12.1 Å². The molecule has 10 nitrogen and oxygen atoms in total. The number of benzene rings is 1.